The summed E-state index contributed by atoms with van der Waals surface area (Å²) in [5, 5.41) is 3.09. The number of hydrogen-bond acceptors (Lipinski definition) is 4. The molecule has 0 aromatic carbocycles. The van der Waals surface area contributed by atoms with Gasteiger partial charge in [0.05, 0.1) is 18.2 Å². The molecule has 27 heavy (non-hydrogen) atoms. The van der Waals surface area contributed by atoms with Gasteiger partial charge in [-0.25, -0.2) is 4.98 Å². The molecular formula is C19H28N6O2. The van der Waals surface area contributed by atoms with Crippen LogP contribution in [-0.2, 0) is 11.3 Å². The maximum Gasteiger partial charge on any atom is 0.253 e. The molecule has 3 N–H and O–H groups in total. The summed E-state index contributed by atoms with van der Waals surface area (Å²) < 4.78 is 0. The predicted molar refractivity (Wildman–Crippen MR) is 102 cm³/mol. The van der Waals surface area contributed by atoms with Gasteiger partial charge in [0.25, 0.3) is 5.91 Å². The zero-order chi connectivity index (χ0) is 19.4. The highest BCUT2D eigenvalue weighted by molar-refractivity contribution is 5.95. The Bertz CT molecular complexity index is 765. The predicted octanol–water partition coefficient (Wildman–Crippen LogP) is 1.29. The van der Waals surface area contributed by atoms with Crippen LogP contribution in [0.5, 0.6) is 0 Å². The molecule has 3 rings (SSSR count). The largest absolute Gasteiger partial charge is 0.365 e. The molecule has 1 fully saturated rings. The number of imidazole rings is 1. The van der Waals surface area contributed by atoms with E-state index in [2.05, 4.69) is 25.2 Å². The van der Waals surface area contributed by atoms with Crippen LogP contribution in [0.15, 0.2) is 24.7 Å². The Labute approximate surface area is 159 Å². The number of aromatic nitrogens is 3. The lowest BCUT2D eigenvalue weighted by Gasteiger charge is -2.28. The smallest absolute Gasteiger partial charge is 0.253 e. The first kappa shape index (κ1) is 19.2. The summed E-state index contributed by atoms with van der Waals surface area (Å²) >= 11 is 0. The minimum atomic E-state index is -0.257. The van der Waals surface area contributed by atoms with Gasteiger partial charge in [-0.3, -0.25) is 14.5 Å². The van der Waals surface area contributed by atoms with Crippen molar-refractivity contribution in [2.24, 2.45) is 0 Å². The van der Waals surface area contributed by atoms with Crippen LogP contribution in [0.1, 0.15) is 42.1 Å². The van der Waals surface area contributed by atoms with Crippen molar-refractivity contribution < 1.29 is 9.59 Å². The quantitative estimate of drug-likeness (QED) is 0.682. The average Bonchev–Trinajstić information content (AvgIpc) is 3.38. The zero-order valence-electron chi connectivity index (χ0n) is 16.2. The molecule has 2 aromatic rings. The normalized spacial score (nSPS) is 20.0. The van der Waals surface area contributed by atoms with E-state index in [1.165, 1.54) is 0 Å². The van der Waals surface area contributed by atoms with Gasteiger partial charge in [-0.05, 0) is 33.3 Å². The van der Waals surface area contributed by atoms with Crippen molar-refractivity contribution in [3.05, 3.63) is 41.7 Å². The minimum Gasteiger partial charge on any atom is -0.365 e. The van der Waals surface area contributed by atoms with E-state index >= 15 is 0 Å². The number of H-pyrrole nitrogens is 2. The van der Waals surface area contributed by atoms with Gasteiger partial charge in [0.15, 0.2) is 0 Å². The minimum absolute atomic E-state index is 0.0775. The lowest BCUT2D eigenvalue weighted by atomic mass is 10.1. The lowest BCUT2D eigenvalue weighted by molar-refractivity contribution is -0.135. The van der Waals surface area contributed by atoms with E-state index in [4.69, 9.17) is 0 Å². The van der Waals surface area contributed by atoms with Crippen molar-refractivity contribution >= 4 is 11.8 Å². The third-order valence-electron chi connectivity index (χ3n) is 5.21. The molecule has 2 atom stereocenters. The molecule has 0 radical (unpaired) electrons. The molecule has 0 aliphatic carbocycles. The van der Waals surface area contributed by atoms with E-state index in [9.17, 15) is 9.59 Å². The highest BCUT2D eigenvalue weighted by Crippen LogP contribution is 2.22. The van der Waals surface area contributed by atoms with E-state index < -0.39 is 0 Å². The summed E-state index contributed by atoms with van der Waals surface area (Å²) in [6, 6.07) is 1.44. The molecule has 8 nitrogen and oxygen atoms in total. The van der Waals surface area contributed by atoms with E-state index in [0.29, 0.717) is 38.2 Å². The molecular weight excluding hydrogens is 344 g/mol. The molecule has 8 heteroatoms. The highest BCUT2D eigenvalue weighted by atomic mass is 16.2. The second-order valence-electron chi connectivity index (χ2n) is 6.91. The van der Waals surface area contributed by atoms with Gasteiger partial charge in [0.1, 0.15) is 5.82 Å². The van der Waals surface area contributed by atoms with Crippen molar-refractivity contribution in [2.75, 3.05) is 19.6 Å². The van der Waals surface area contributed by atoms with Crippen LogP contribution in [0, 0.1) is 6.92 Å². The number of amides is 2. The van der Waals surface area contributed by atoms with Gasteiger partial charge in [-0.2, -0.15) is 0 Å². The lowest BCUT2D eigenvalue weighted by Crippen LogP contribution is -2.45. The van der Waals surface area contributed by atoms with Crippen LogP contribution in [0.3, 0.4) is 0 Å². The number of likely N-dealkylation sites (N-methyl/N-ethyl adjacent to an activating group) is 1. The number of rotatable bonds is 7. The summed E-state index contributed by atoms with van der Waals surface area (Å²) in [7, 11) is 0. The fourth-order valence-electron chi connectivity index (χ4n) is 3.72. The maximum absolute atomic E-state index is 13.0. The molecule has 0 unspecified atom stereocenters. The number of hydrogen-bond donors (Lipinski definition) is 3. The van der Waals surface area contributed by atoms with Gasteiger partial charge in [0.2, 0.25) is 5.91 Å². The molecule has 0 spiro atoms. The number of aromatic amines is 2. The molecule has 3 heterocycles. The highest BCUT2D eigenvalue weighted by Gasteiger charge is 2.39. The molecule has 1 aliphatic heterocycles. The number of aryl methyl sites for hydroxylation is 1. The summed E-state index contributed by atoms with van der Waals surface area (Å²) in [5.74, 6) is 0.828. The second-order valence-corrected chi connectivity index (χ2v) is 6.91. The Morgan fingerprint density at radius 3 is 2.67 bits per heavy atom. The topological polar surface area (TPSA) is 97.1 Å². The first-order chi connectivity index (χ1) is 13.0. The standard InChI is InChI=1S/C19H28N6O2/c1-4-24(5-2)19(27)16-10-14(11-25(16)12-17-21-8-9-22-17)23-18(26)15-6-7-20-13(15)3/h6-9,14,16,20H,4-5,10-12H2,1-3H3,(H,21,22)(H,23,26)/t14-,16+/m1/s1. The molecule has 146 valence electrons. The van der Waals surface area contributed by atoms with Gasteiger partial charge in [0, 0.05) is 50.0 Å². The van der Waals surface area contributed by atoms with Crippen LogP contribution in [-0.4, -0.2) is 68.3 Å². The number of carbonyl (C=O) groups excluding carboxylic acids is 2. The SMILES string of the molecule is CCN(CC)C(=O)[C@@H]1C[C@@H](NC(=O)c2cc[nH]c2C)CN1Cc1ncc[nH]1. The molecule has 1 saturated heterocycles. The van der Waals surface area contributed by atoms with E-state index in [-0.39, 0.29) is 23.9 Å². The number of nitrogens with zero attached hydrogens (tertiary/aromatic N) is 3. The van der Waals surface area contributed by atoms with Crippen molar-refractivity contribution in [3.8, 4) is 0 Å². The van der Waals surface area contributed by atoms with Gasteiger partial charge >= 0.3 is 0 Å². The Kier molecular flexibility index (Phi) is 5.95. The Balaban J connectivity index is 1.73. The van der Waals surface area contributed by atoms with Crippen LogP contribution in [0.25, 0.3) is 0 Å². The Hall–Kier alpha value is -2.61. The second kappa shape index (κ2) is 8.39. The van der Waals surface area contributed by atoms with Crippen LogP contribution in [0.2, 0.25) is 0 Å². The first-order valence-electron chi connectivity index (χ1n) is 9.49. The summed E-state index contributed by atoms with van der Waals surface area (Å²) in [5.41, 5.74) is 1.49. The van der Waals surface area contributed by atoms with Crippen LogP contribution in [0.4, 0.5) is 0 Å². The molecule has 1 aliphatic rings. The molecule has 0 saturated carbocycles. The Morgan fingerprint density at radius 1 is 1.30 bits per heavy atom. The Morgan fingerprint density at radius 2 is 2.07 bits per heavy atom. The van der Waals surface area contributed by atoms with Crippen LogP contribution >= 0.6 is 0 Å². The van der Waals surface area contributed by atoms with Crippen molar-refractivity contribution in [3.63, 3.8) is 0 Å². The van der Waals surface area contributed by atoms with Crippen molar-refractivity contribution in [1.29, 1.82) is 0 Å². The van der Waals surface area contributed by atoms with Gasteiger partial charge in [-0.15, -0.1) is 0 Å². The van der Waals surface area contributed by atoms with Crippen molar-refractivity contribution in [1.82, 2.24) is 30.1 Å². The summed E-state index contributed by atoms with van der Waals surface area (Å²) in [6.07, 6.45) is 5.85. The van der Waals surface area contributed by atoms with E-state index in [0.717, 1.165) is 11.5 Å². The third-order valence-corrected chi connectivity index (χ3v) is 5.21. The fourth-order valence-corrected chi connectivity index (χ4v) is 3.72. The maximum atomic E-state index is 13.0. The monoisotopic (exact) mass is 372 g/mol. The van der Waals surface area contributed by atoms with Crippen LogP contribution < -0.4 is 5.32 Å². The van der Waals surface area contributed by atoms with E-state index in [1.807, 2.05) is 25.7 Å². The number of carbonyl (C=O) groups is 2. The average molecular weight is 372 g/mol. The number of likely N-dealkylation sites (tertiary alicyclic amines) is 1. The molecule has 2 amide bonds. The fraction of sp³-hybridized carbons (Fsp3) is 0.526. The van der Waals surface area contributed by atoms with E-state index in [1.54, 1.807) is 24.7 Å². The molecule has 2 aromatic heterocycles. The number of nitrogens with one attached hydrogen (secondary N) is 3. The summed E-state index contributed by atoms with van der Waals surface area (Å²) in [6.45, 7) is 8.38. The van der Waals surface area contributed by atoms with Crippen molar-refractivity contribution in [2.45, 2.75) is 45.8 Å². The summed E-state index contributed by atoms with van der Waals surface area (Å²) in [4.78, 5) is 39.9. The first-order valence-corrected chi connectivity index (χ1v) is 9.49. The zero-order valence-corrected chi connectivity index (χ0v) is 16.2. The van der Waals surface area contributed by atoms with Gasteiger partial charge < -0.3 is 20.2 Å². The van der Waals surface area contributed by atoms with Gasteiger partial charge in [-0.1, -0.05) is 0 Å². The third kappa shape index (κ3) is 4.21. The molecule has 0 bridgehead atoms.